The second-order valence-electron chi connectivity index (χ2n) is 5.82. The molecule has 0 atom stereocenters. The van der Waals surface area contributed by atoms with Crippen molar-refractivity contribution in [2.24, 2.45) is 0 Å². The van der Waals surface area contributed by atoms with E-state index in [9.17, 15) is 18.3 Å². The van der Waals surface area contributed by atoms with Gasteiger partial charge in [-0.15, -0.1) is 0 Å². The Morgan fingerprint density at radius 1 is 1.08 bits per heavy atom. The number of nitrogens with zero attached hydrogens (tertiary/aromatic N) is 2. The predicted molar refractivity (Wildman–Crippen MR) is 98.3 cm³/mol. The van der Waals surface area contributed by atoms with Crippen molar-refractivity contribution < 1.29 is 18.3 Å². The van der Waals surface area contributed by atoms with E-state index in [1.807, 2.05) is 30.3 Å². The average molecular weight is 370 g/mol. The van der Waals surface area contributed by atoms with Crippen molar-refractivity contribution >= 4 is 15.8 Å². The molecule has 0 radical (unpaired) electrons. The summed E-state index contributed by atoms with van der Waals surface area (Å²) in [5.41, 5.74) is 1.63. The molecule has 6 nitrogen and oxygen atoms in total. The number of benzene rings is 2. The maximum absolute atomic E-state index is 12.1. The number of hydrogen-bond acceptors (Lipinski definition) is 4. The number of rotatable bonds is 6. The zero-order chi connectivity index (χ0) is 18.7. The van der Waals surface area contributed by atoms with Crippen molar-refractivity contribution in [3.05, 3.63) is 66.4 Å². The van der Waals surface area contributed by atoms with Crippen LogP contribution in [0.4, 0.5) is 0 Å². The molecule has 0 aliphatic heterocycles. The summed E-state index contributed by atoms with van der Waals surface area (Å²) in [6.07, 6.45) is 1.99. The molecule has 0 saturated carbocycles. The lowest BCUT2D eigenvalue weighted by atomic mass is 10.1. The van der Waals surface area contributed by atoms with E-state index in [4.69, 9.17) is 0 Å². The molecule has 0 spiro atoms. The molecule has 2 aromatic carbocycles. The highest BCUT2D eigenvalue weighted by atomic mass is 32.2. The molecule has 26 heavy (non-hydrogen) atoms. The number of carboxylic acids is 1. The van der Waals surface area contributed by atoms with E-state index in [0.29, 0.717) is 17.7 Å². The first kappa shape index (κ1) is 17.9. The summed E-state index contributed by atoms with van der Waals surface area (Å²) in [6, 6.07) is 15.3. The van der Waals surface area contributed by atoms with E-state index in [0.717, 1.165) is 5.69 Å². The molecule has 1 N–H and O–H groups in total. The summed E-state index contributed by atoms with van der Waals surface area (Å²) < 4.78 is 25.8. The predicted octanol–water partition coefficient (Wildman–Crippen LogP) is 3.42. The zero-order valence-corrected chi connectivity index (χ0v) is 15.0. The van der Waals surface area contributed by atoms with Gasteiger partial charge in [-0.1, -0.05) is 37.3 Å². The summed E-state index contributed by atoms with van der Waals surface area (Å²) in [6.45, 7) is 1.81. The van der Waals surface area contributed by atoms with E-state index in [1.54, 1.807) is 19.1 Å². The first-order valence-corrected chi connectivity index (χ1v) is 9.79. The van der Waals surface area contributed by atoms with Gasteiger partial charge in [0.25, 0.3) is 0 Å². The Kier molecular flexibility index (Phi) is 4.90. The van der Waals surface area contributed by atoms with E-state index in [1.165, 1.54) is 23.0 Å². The zero-order valence-electron chi connectivity index (χ0n) is 14.2. The maximum Gasteiger partial charge on any atom is 0.339 e. The fourth-order valence-electron chi connectivity index (χ4n) is 2.66. The highest BCUT2D eigenvalue weighted by molar-refractivity contribution is 7.91. The third-order valence-electron chi connectivity index (χ3n) is 3.93. The minimum Gasteiger partial charge on any atom is -0.478 e. The summed E-state index contributed by atoms with van der Waals surface area (Å²) >= 11 is 0. The molecule has 1 aromatic heterocycles. The van der Waals surface area contributed by atoms with Crippen LogP contribution in [0.2, 0.25) is 0 Å². The van der Waals surface area contributed by atoms with Gasteiger partial charge in [-0.05, 0) is 30.7 Å². The lowest BCUT2D eigenvalue weighted by Gasteiger charge is -2.04. The number of hydrogen-bond donors (Lipinski definition) is 1. The van der Waals surface area contributed by atoms with Crippen LogP contribution < -0.4 is 0 Å². The third-order valence-corrected chi connectivity index (χ3v) is 5.86. The Hall–Kier alpha value is -2.93. The van der Waals surface area contributed by atoms with Crippen LogP contribution in [0.1, 0.15) is 23.7 Å². The monoisotopic (exact) mass is 370 g/mol. The standard InChI is InChI=1S/C19H18N2O4S/c1-2-12-26(24,25)16-10-8-14(9-11-16)18-17(19(22)23)13-21(20-18)15-6-4-3-5-7-15/h3-11,13H,2,12H2,1H3,(H,22,23). The quantitative estimate of drug-likeness (QED) is 0.718. The van der Waals surface area contributed by atoms with E-state index < -0.39 is 15.8 Å². The van der Waals surface area contributed by atoms with Gasteiger partial charge in [0.2, 0.25) is 0 Å². The average Bonchev–Trinajstić information content (AvgIpc) is 3.08. The Labute approximate surface area is 151 Å². The van der Waals surface area contributed by atoms with Gasteiger partial charge in [-0.25, -0.2) is 17.9 Å². The van der Waals surface area contributed by atoms with Crippen LogP contribution in [0, 0.1) is 0 Å². The van der Waals surface area contributed by atoms with E-state index in [2.05, 4.69) is 5.10 Å². The normalized spacial score (nSPS) is 11.4. The fraction of sp³-hybridized carbons (Fsp3) is 0.158. The molecular formula is C19H18N2O4S. The van der Waals surface area contributed by atoms with Crippen LogP contribution in [0.5, 0.6) is 0 Å². The highest BCUT2D eigenvalue weighted by Gasteiger charge is 2.19. The van der Waals surface area contributed by atoms with Crippen LogP contribution in [0.25, 0.3) is 16.9 Å². The Balaban J connectivity index is 2.04. The molecule has 0 aliphatic carbocycles. The largest absolute Gasteiger partial charge is 0.478 e. The SMILES string of the molecule is CCCS(=O)(=O)c1ccc(-c2nn(-c3ccccc3)cc2C(=O)O)cc1. The first-order chi connectivity index (χ1) is 12.4. The minimum absolute atomic E-state index is 0.0537. The van der Waals surface area contributed by atoms with Gasteiger partial charge >= 0.3 is 5.97 Å². The molecule has 3 rings (SSSR count). The van der Waals surface area contributed by atoms with Crippen LogP contribution in [-0.4, -0.2) is 35.0 Å². The molecular weight excluding hydrogens is 352 g/mol. The molecule has 0 bridgehead atoms. The number of aromatic nitrogens is 2. The van der Waals surface area contributed by atoms with Gasteiger partial charge in [-0.2, -0.15) is 5.10 Å². The van der Waals surface area contributed by atoms with Gasteiger partial charge < -0.3 is 5.11 Å². The lowest BCUT2D eigenvalue weighted by molar-refractivity contribution is 0.0697. The van der Waals surface area contributed by atoms with Crippen molar-refractivity contribution in [3.8, 4) is 16.9 Å². The Morgan fingerprint density at radius 2 is 1.73 bits per heavy atom. The number of carboxylic acid groups (broad SMARTS) is 1. The van der Waals surface area contributed by atoms with Gasteiger partial charge in [0.05, 0.1) is 16.3 Å². The molecule has 0 amide bonds. The summed E-state index contributed by atoms with van der Waals surface area (Å²) in [7, 11) is -3.32. The molecule has 1 heterocycles. The number of para-hydroxylation sites is 1. The summed E-state index contributed by atoms with van der Waals surface area (Å²) in [5.74, 6) is -1.01. The Bertz CT molecular complexity index is 1020. The fourth-order valence-corrected chi connectivity index (χ4v) is 3.99. The molecule has 0 fully saturated rings. The van der Waals surface area contributed by atoms with Crippen LogP contribution in [0.15, 0.2) is 65.7 Å². The molecule has 134 valence electrons. The van der Waals surface area contributed by atoms with Gasteiger partial charge in [0.15, 0.2) is 9.84 Å². The van der Waals surface area contributed by atoms with Gasteiger partial charge in [0, 0.05) is 11.8 Å². The van der Waals surface area contributed by atoms with Gasteiger partial charge in [0.1, 0.15) is 11.3 Å². The molecule has 0 saturated heterocycles. The van der Waals surface area contributed by atoms with Crippen LogP contribution in [0.3, 0.4) is 0 Å². The summed E-state index contributed by atoms with van der Waals surface area (Å²) in [5, 5.41) is 13.9. The second-order valence-corrected chi connectivity index (χ2v) is 7.93. The van der Waals surface area contributed by atoms with Crippen LogP contribution >= 0.6 is 0 Å². The molecule has 0 aliphatic rings. The number of sulfone groups is 1. The van der Waals surface area contributed by atoms with Gasteiger partial charge in [-0.3, -0.25) is 0 Å². The smallest absolute Gasteiger partial charge is 0.339 e. The lowest BCUT2D eigenvalue weighted by Crippen LogP contribution is -2.05. The molecule has 3 aromatic rings. The minimum atomic E-state index is -3.32. The van der Waals surface area contributed by atoms with Crippen molar-refractivity contribution in [2.45, 2.75) is 18.2 Å². The van der Waals surface area contributed by atoms with Crippen molar-refractivity contribution in [3.63, 3.8) is 0 Å². The first-order valence-electron chi connectivity index (χ1n) is 8.14. The van der Waals surface area contributed by atoms with E-state index in [-0.39, 0.29) is 16.2 Å². The number of carbonyl (C=O) groups is 1. The summed E-state index contributed by atoms with van der Waals surface area (Å²) in [4.78, 5) is 11.8. The maximum atomic E-state index is 12.1. The highest BCUT2D eigenvalue weighted by Crippen LogP contribution is 2.25. The Morgan fingerprint density at radius 3 is 2.31 bits per heavy atom. The topological polar surface area (TPSA) is 89.3 Å². The molecule has 7 heteroatoms. The number of aromatic carboxylic acids is 1. The van der Waals surface area contributed by atoms with E-state index >= 15 is 0 Å². The third kappa shape index (κ3) is 3.52. The van der Waals surface area contributed by atoms with Crippen LogP contribution in [-0.2, 0) is 9.84 Å². The molecule has 0 unspecified atom stereocenters. The van der Waals surface area contributed by atoms with Crippen molar-refractivity contribution in [1.29, 1.82) is 0 Å². The van der Waals surface area contributed by atoms with Crippen molar-refractivity contribution in [2.75, 3.05) is 5.75 Å². The van der Waals surface area contributed by atoms with Crippen molar-refractivity contribution in [1.82, 2.24) is 9.78 Å². The second kappa shape index (κ2) is 7.13.